The largest absolute Gasteiger partial charge is 0.466 e. The Bertz CT molecular complexity index is 497. The van der Waals surface area contributed by atoms with Crippen molar-refractivity contribution in [1.29, 1.82) is 0 Å². The molecule has 0 aliphatic carbocycles. The molecule has 0 aromatic heterocycles. The van der Waals surface area contributed by atoms with Crippen LogP contribution in [0.4, 0.5) is 0 Å². The van der Waals surface area contributed by atoms with Gasteiger partial charge in [0.25, 0.3) is 0 Å². The number of esters is 3. The fraction of sp³-hybridized carbons (Fsp3) is 0.812. The monoisotopic (exact) mass is 342 g/mol. The predicted molar refractivity (Wildman–Crippen MR) is 83.8 cm³/mol. The molecule has 2 fully saturated rings. The molecular formula is C16H26N2O6. The van der Waals surface area contributed by atoms with Gasteiger partial charge in [0.2, 0.25) is 0 Å². The molecular weight excluding hydrogens is 316 g/mol. The zero-order valence-corrected chi connectivity index (χ0v) is 14.7. The van der Waals surface area contributed by atoms with Gasteiger partial charge in [-0.05, 0) is 27.8 Å². The van der Waals surface area contributed by atoms with Gasteiger partial charge in [0.05, 0.1) is 31.9 Å². The molecule has 0 amide bonds. The van der Waals surface area contributed by atoms with E-state index in [4.69, 9.17) is 14.2 Å². The number of carbonyl (C=O) groups is 3. The second kappa shape index (κ2) is 7.94. The van der Waals surface area contributed by atoms with Crippen LogP contribution in [0.25, 0.3) is 0 Å². The quantitative estimate of drug-likeness (QED) is 0.487. The van der Waals surface area contributed by atoms with E-state index >= 15 is 0 Å². The van der Waals surface area contributed by atoms with E-state index in [0.717, 1.165) is 0 Å². The third-order valence-corrected chi connectivity index (χ3v) is 4.55. The normalized spacial score (nSPS) is 30.0. The Labute approximate surface area is 142 Å². The zero-order valence-electron chi connectivity index (χ0n) is 14.7. The summed E-state index contributed by atoms with van der Waals surface area (Å²) in [7, 11) is 1.87. The highest BCUT2D eigenvalue weighted by Crippen LogP contribution is 2.41. The highest BCUT2D eigenvalue weighted by Gasteiger charge is 2.62. The van der Waals surface area contributed by atoms with E-state index in [2.05, 4.69) is 0 Å². The van der Waals surface area contributed by atoms with Gasteiger partial charge in [-0.25, -0.2) is 0 Å². The van der Waals surface area contributed by atoms with Crippen LogP contribution in [0.5, 0.6) is 0 Å². The first-order valence-electron chi connectivity index (χ1n) is 8.43. The van der Waals surface area contributed by atoms with Crippen molar-refractivity contribution in [3.63, 3.8) is 0 Å². The smallest absolute Gasteiger partial charge is 0.324 e. The molecule has 2 rings (SSSR count). The minimum absolute atomic E-state index is 0.181. The highest BCUT2D eigenvalue weighted by atomic mass is 16.5. The number of ether oxygens (including phenoxy) is 3. The van der Waals surface area contributed by atoms with Crippen LogP contribution in [0, 0.1) is 11.8 Å². The van der Waals surface area contributed by atoms with Crippen molar-refractivity contribution in [2.75, 3.05) is 40.0 Å². The van der Waals surface area contributed by atoms with Gasteiger partial charge in [0, 0.05) is 13.1 Å². The minimum atomic E-state index is -0.921. The molecule has 0 saturated carbocycles. The Hall–Kier alpha value is -1.67. The van der Waals surface area contributed by atoms with Crippen molar-refractivity contribution >= 4 is 17.9 Å². The van der Waals surface area contributed by atoms with Crippen LogP contribution in [0.3, 0.4) is 0 Å². The standard InChI is InChI=1S/C16H26N2O6/c1-5-22-14(19)10-11(15(20)23-6-2)13-17(4)8-9-18(13)12(10)16(21)24-7-3/h10-13H,5-9H2,1-4H3/t10-,11-,12+,13+/m1/s1. The molecule has 136 valence electrons. The maximum atomic E-state index is 12.5. The number of fused-ring (bicyclic) bond motifs is 1. The molecule has 2 aliphatic heterocycles. The van der Waals surface area contributed by atoms with Gasteiger partial charge >= 0.3 is 17.9 Å². The Balaban J connectivity index is 2.41. The number of hydrogen-bond acceptors (Lipinski definition) is 8. The summed E-state index contributed by atoms with van der Waals surface area (Å²) in [5, 5.41) is 0. The maximum absolute atomic E-state index is 12.5. The summed E-state index contributed by atoms with van der Waals surface area (Å²) in [5.74, 6) is -3.23. The van der Waals surface area contributed by atoms with Crippen LogP contribution in [-0.4, -0.2) is 79.9 Å². The molecule has 0 aromatic rings. The molecule has 0 radical (unpaired) electrons. The Kier molecular flexibility index (Phi) is 6.17. The minimum Gasteiger partial charge on any atom is -0.466 e. The summed E-state index contributed by atoms with van der Waals surface area (Å²) in [5.41, 5.74) is 0. The lowest BCUT2D eigenvalue weighted by atomic mass is 9.88. The molecule has 2 aliphatic rings. The van der Waals surface area contributed by atoms with Crippen molar-refractivity contribution in [2.24, 2.45) is 11.8 Å². The van der Waals surface area contributed by atoms with Crippen LogP contribution in [-0.2, 0) is 28.6 Å². The van der Waals surface area contributed by atoms with Crippen LogP contribution >= 0.6 is 0 Å². The summed E-state index contributed by atoms with van der Waals surface area (Å²) in [6.45, 7) is 7.00. The maximum Gasteiger partial charge on any atom is 0.324 e. The number of likely N-dealkylation sites (N-methyl/N-ethyl adjacent to an activating group) is 1. The lowest BCUT2D eigenvalue weighted by molar-refractivity contribution is -0.164. The van der Waals surface area contributed by atoms with Crippen molar-refractivity contribution in [3.05, 3.63) is 0 Å². The first-order chi connectivity index (χ1) is 11.5. The van der Waals surface area contributed by atoms with E-state index in [-0.39, 0.29) is 26.0 Å². The third-order valence-electron chi connectivity index (χ3n) is 4.55. The zero-order chi connectivity index (χ0) is 17.9. The van der Waals surface area contributed by atoms with Crippen molar-refractivity contribution in [2.45, 2.75) is 33.0 Å². The molecule has 8 nitrogen and oxygen atoms in total. The lowest BCUT2D eigenvalue weighted by Crippen LogP contribution is -2.44. The van der Waals surface area contributed by atoms with Gasteiger partial charge in [-0.15, -0.1) is 0 Å². The number of rotatable bonds is 6. The average molecular weight is 342 g/mol. The Morgan fingerprint density at radius 1 is 0.833 bits per heavy atom. The first kappa shape index (κ1) is 18.7. The van der Waals surface area contributed by atoms with Gasteiger partial charge in [-0.3, -0.25) is 24.2 Å². The molecule has 0 bridgehead atoms. The molecule has 8 heteroatoms. The molecule has 24 heavy (non-hydrogen) atoms. The summed E-state index contributed by atoms with van der Waals surface area (Å²) in [6.07, 6.45) is -0.368. The molecule has 0 aromatic carbocycles. The van der Waals surface area contributed by atoms with E-state index < -0.39 is 35.8 Å². The van der Waals surface area contributed by atoms with E-state index in [1.54, 1.807) is 20.8 Å². The molecule has 0 unspecified atom stereocenters. The van der Waals surface area contributed by atoms with Crippen molar-refractivity contribution < 1.29 is 28.6 Å². The van der Waals surface area contributed by atoms with Crippen LogP contribution in [0.1, 0.15) is 20.8 Å². The van der Waals surface area contributed by atoms with Gasteiger partial charge < -0.3 is 14.2 Å². The Morgan fingerprint density at radius 3 is 1.88 bits per heavy atom. The van der Waals surface area contributed by atoms with E-state index in [9.17, 15) is 14.4 Å². The van der Waals surface area contributed by atoms with E-state index in [1.165, 1.54) is 0 Å². The summed E-state index contributed by atoms with van der Waals surface area (Å²) >= 11 is 0. The van der Waals surface area contributed by atoms with Crippen LogP contribution < -0.4 is 0 Å². The van der Waals surface area contributed by atoms with Crippen molar-refractivity contribution in [1.82, 2.24) is 9.80 Å². The van der Waals surface area contributed by atoms with E-state index in [0.29, 0.717) is 13.1 Å². The molecule has 0 spiro atoms. The molecule has 0 N–H and O–H groups in total. The molecule has 2 saturated heterocycles. The topological polar surface area (TPSA) is 85.4 Å². The number of hydrogen-bond donors (Lipinski definition) is 0. The predicted octanol–water partition coefficient (Wildman–Crippen LogP) is -0.136. The van der Waals surface area contributed by atoms with Gasteiger partial charge in [-0.1, -0.05) is 0 Å². The van der Waals surface area contributed by atoms with Gasteiger partial charge in [0.15, 0.2) is 0 Å². The summed E-state index contributed by atoms with van der Waals surface area (Å²) in [6, 6.07) is -0.826. The second-order valence-electron chi connectivity index (χ2n) is 5.88. The van der Waals surface area contributed by atoms with Crippen molar-refractivity contribution in [3.8, 4) is 0 Å². The van der Waals surface area contributed by atoms with Crippen LogP contribution in [0.2, 0.25) is 0 Å². The SMILES string of the molecule is CCOC(=O)[C@@H]1[C@@H](C(=O)OCC)[C@H]2N(C)CCN2[C@@H]1C(=O)OCC. The van der Waals surface area contributed by atoms with Gasteiger partial charge in [-0.2, -0.15) is 0 Å². The third kappa shape index (κ3) is 3.25. The Morgan fingerprint density at radius 2 is 1.33 bits per heavy atom. The van der Waals surface area contributed by atoms with Gasteiger partial charge in [0.1, 0.15) is 12.0 Å². The highest BCUT2D eigenvalue weighted by molar-refractivity contribution is 5.91. The summed E-state index contributed by atoms with van der Waals surface area (Å²) in [4.78, 5) is 41.4. The number of nitrogens with zero attached hydrogens (tertiary/aromatic N) is 2. The summed E-state index contributed by atoms with van der Waals surface area (Å²) < 4.78 is 15.5. The fourth-order valence-corrected chi connectivity index (χ4v) is 3.69. The first-order valence-corrected chi connectivity index (χ1v) is 8.43. The second-order valence-corrected chi connectivity index (χ2v) is 5.88. The molecule has 4 atom stereocenters. The molecule has 2 heterocycles. The van der Waals surface area contributed by atoms with Crippen LogP contribution in [0.15, 0.2) is 0 Å². The lowest BCUT2D eigenvalue weighted by Gasteiger charge is -2.26. The number of carbonyl (C=O) groups excluding carboxylic acids is 3. The average Bonchev–Trinajstić information content (AvgIpc) is 3.06. The fourth-order valence-electron chi connectivity index (χ4n) is 3.69. The van der Waals surface area contributed by atoms with E-state index in [1.807, 2.05) is 16.8 Å².